The first-order valence-corrected chi connectivity index (χ1v) is 6.14. The van der Waals surface area contributed by atoms with Gasteiger partial charge in [0.2, 0.25) is 10.0 Å². The molecule has 0 fully saturated rings. The van der Waals surface area contributed by atoms with Gasteiger partial charge in [0.25, 0.3) is 0 Å². The van der Waals surface area contributed by atoms with Crippen molar-refractivity contribution >= 4 is 10.0 Å². The van der Waals surface area contributed by atoms with Gasteiger partial charge in [-0.3, -0.25) is 0 Å². The number of aromatic hydroxyl groups is 1. The van der Waals surface area contributed by atoms with Crippen molar-refractivity contribution in [1.29, 1.82) is 0 Å². The SMILES string of the molecule is Cc1cc(O)c(C(C)C)cc1S(N)(=O)=O. The molecule has 3 N–H and O–H groups in total. The van der Waals surface area contributed by atoms with Crippen LogP contribution in [0.15, 0.2) is 17.0 Å². The van der Waals surface area contributed by atoms with Crippen LogP contribution in [0, 0.1) is 6.92 Å². The predicted octanol–water partition coefficient (Wildman–Crippen LogP) is 1.47. The Kier molecular flexibility index (Phi) is 3.06. The molecule has 84 valence electrons. The average molecular weight is 229 g/mol. The van der Waals surface area contributed by atoms with E-state index in [-0.39, 0.29) is 16.6 Å². The van der Waals surface area contributed by atoms with Gasteiger partial charge < -0.3 is 5.11 Å². The summed E-state index contributed by atoms with van der Waals surface area (Å²) in [6, 6.07) is 2.86. The first-order chi connectivity index (χ1) is 6.73. The third kappa shape index (κ3) is 2.49. The predicted molar refractivity (Wildman–Crippen MR) is 58.3 cm³/mol. The van der Waals surface area contributed by atoms with E-state index in [9.17, 15) is 13.5 Å². The molecule has 0 atom stereocenters. The number of benzene rings is 1. The second kappa shape index (κ2) is 3.83. The summed E-state index contributed by atoms with van der Waals surface area (Å²) in [5.41, 5.74) is 1.05. The Bertz CT molecular complexity index is 478. The number of aryl methyl sites for hydroxylation is 1. The molecular weight excluding hydrogens is 214 g/mol. The number of phenols is 1. The number of sulfonamides is 1. The fourth-order valence-corrected chi connectivity index (χ4v) is 2.26. The highest BCUT2D eigenvalue weighted by molar-refractivity contribution is 7.89. The smallest absolute Gasteiger partial charge is 0.238 e. The summed E-state index contributed by atoms with van der Waals surface area (Å²) in [5.74, 6) is 0.154. The maximum absolute atomic E-state index is 11.2. The summed E-state index contributed by atoms with van der Waals surface area (Å²) in [7, 11) is -3.72. The Morgan fingerprint density at radius 3 is 2.27 bits per heavy atom. The van der Waals surface area contributed by atoms with Crippen LogP contribution in [0.25, 0.3) is 0 Å². The van der Waals surface area contributed by atoms with Gasteiger partial charge in [0.05, 0.1) is 4.90 Å². The second-order valence-electron chi connectivity index (χ2n) is 3.88. The standard InChI is InChI=1S/C10H15NO3S/c1-6(2)8-5-10(15(11,13)14)7(3)4-9(8)12/h4-6,12H,1-3H3,(H2,11,13,14). The van der Waals surface area contributed by atoms with Gasteiger partial charge in [0, 0.05) is 0 Å². The lowest BCUT2D eigenvalue weighted by atomic mass is 10.0. The van der Waals surface area contributed by atoms with Crippen LogP contribution in [0.1, 0.15) is 30.9 Å². The van der Waals surface area contributed by atoms with E-state index in [0.29, 0.717) is 11.1 Å². The van der Waals surface area contributed by atoms with Crippen molar-refractivity contribution in [3.05, 3.63) is 23.3 Å². The van der Waals surface area contributed by atoms with Gasteiger partial charge in [0.1, 0.15) is 5.75 Å². The largest absolute Gasteiger partial charge is 0.508 e. The molecule has 0 saturated carbocycles. The third-order valence-electron chi connectivity index (χ3n) is 2.25. The average Bonchev–Trinajstić information content (AvgIpc) is 2.00. The van der Waals surface area contributed by atoms with E-state index in [1.807, 2.05) is 13.8 Å². The van der Waals surface area contributed by atoms with Crippen LogP contribution in [-0.4, -0.2) is 13.5 Å². The zero-order chi connectivity index (χ0) is 11.8. The van der Waals surface area contributed by atoms with Gasteiger partial charge in [-0.1, -0.05) is 13.8 Å². The number of primary sulfonamides is 1. The highest BCUT2D eigenvalue weighted by Gasteiger charge is 2.16. The molecule has 0 aliphatic heterocycles. The van der Waals surface area contributed by atoms with Gasteiger partial charge in [0.15, 0.2) is 0 Å². The molecule has 0 saturated heterocycles. The van der Waals surface area contributed by atoms with Crippen LogP contribution < -0.4 is 5.14 Å². The molecule has 0 aromatic heterocycles. The van der Waals surface area contributed by atoms with E-state index in [1.54, 1.807) is 6.92 Å². The summed E-state index contributed by atoms with van der Waals surface area (Å²) in [5, 5.41) is 14.7. The summed E-state index contributed by atoms with van der Waals surface area (Å²) in [6.45, 7) is 5.35. The van der Waals surface area contributed by atoms with Crippen molar-refractivity contribution < 1.29 is 13.5 Å². The van der Waals surface area contributed by atoms with E-state index >= 15 is 0 Å². The second-order valence-corrected chi connectivity index (χ2v) is 5.41. The molecule has 0 aliphatic rings. The molecule has 0 bridgehead atoms. The maximum Gasteiger partial charge on any atom is 0.238 e. The van der Waals surface area contributed by atoms with Crippen LogP contribution in [-0.2, 0) is 10.0 Å². The normalized spacial score (nSPS) is 12.1. The lowest BCUT2D eigenvalue weighted by molar-refractivity contribution is 0.463. The Labute approximate surface area is 89.8 Å². The molecular formula is C10H15NO3S. The van der Waals surface area contributed by atoms with Crippen molar-refractivity contribution in [2.24, 2.45) is 5.14 Å². The Hall–Kier alpha value is -1.07. The van der Waals surface area contributed by atoms with Gasteiger partial charge in [-0.05, 0) is 36.1 Å². The third-order valence-corrected chi connectivity index (χ3v) is 3.31. The van der Waals surface area contributed by atoms with E-state index in [2.05, 4.69) is 0 Å². The number of phenolic OH excluding ortho intramolecular Hbond substituents is 1. The first-order valence-electron chi connectivity index (χ1n) is 4.59. The van der Waals surface area contributed by atoms with Gasteiger partial charge >= 0.3 is 0 Å². The van der Waals surface area contributed by atoms with Crippen molar-refractivity contribution in [2.75, 3.05) is 0 Å². The minimum atomic E-state index is -3.72. The summed E-state index contributed by atoms with van der Waals surface area (Å²) in [4.78, 5) is 0.0731. The van der Waals surface area contributed by atoms with Crippen molar-refractivity contribution in [3.63, 3.8) is 0 Å². The maximum atomic E-state index is 11.2. The molecule has 1 aromatic rings. The Morgan fingerprint density at radius 1 is 1.33 bits per heavy atom. The van der Waals surface area contributed by atoms with E-state index in [4.69, 9.17) is 5.14 Å². The van der Waals surface area contributed by atoms with Crippen LogP contribution in [0.4, 0.5) is 0 Å². The van der Waals surface area contributed by atoms with Crippen LogP contribution in [0.5, 0.6) is 5.75 Å². The van der Waals surface area contributed by atoms with Gasteiger partial charge in [-0.2, -0.15) is 0 Å². The molecule has 0 heterocycles. The molecule has 5 heteroatoms. The summed E-state index contributed by atoms with van der Waals surface area (Å²) >= 11 is 0. The number of hydrogen-bond donors (Lipinski definition) is 2. The van der Waals surface area contributed by atoms with E-state index in [1.165, 1.54) is 12.1 Å². The van der Waals surface area contributed by atoms with Gasteiger partial charge in [-0.25, -0.2) is 13.6 Å². The van der Waals surface area contributed by atoms with Crippen LogP contribution in [0.2, 0.25) is 0 Å². The molecule has 4 nitrogen and oxygen atoms in total. The quantitative estimate of drug-likeness (QED) is 0.805. The van der Waals surface area contributed by atoms with Gasteiger partial charge in [-0.15, -0.1) is 0 Å². The first kappa shape index (κ1) is 12.0. The molecule has 0 amide bonds. The van der Waals surface area contributed by atoms with Crippen molar-refractivity contribution in [2.45, 2.75) is 31.6 Å². The number of nitrogens with two attached hydrogens (primary N) is 1. The zero-order valence-corrected chi connectivity index (χ0v) is 9.80. The fraction of sp³-hybridized carbons (Fsp3) is 0.400. The highest BCUT2D eigenvalue weighted by Crippen LogP contribution is 2.30. The molecule has 1 rings (SSSR count). The lowest BCUT2D eigenvalue weighted by Crippen LogP contribution is -2.14. The molecule has 0 radical (unpaired) electrons. The molecule has 0 aliphatic carbocycles. The van der Waals surface area contributed by atoms with Crippen LogP contribution in [0.3, 0.4) is 0 Å². The summed E-state index contributed by atoms with van der Waals surface area (Å²) in [6.07, 6.45) is 0. The Balaban J connectivity index is 3.50. The minimum Gasteiger partial charge on any atom is -0.508 e. The zero-order valence-electron chi connectivity index (χ0n) is 8.98. The van der Waals surface area contributed by atoms with E-state index < -0.39 is 10.0 Å². The molecule has 15 heavy (non-hydrogen) atoms. The lowest BCUT2D eigenvalue weighted by Gasteiger charge is -2.12. The van der Waals surface area contributed by atoms with Crippen molar-refractivity contribution in [3.8, 4) is 5.75 Å². The fourth-order valence-electron chi connectivity index (χ4n) is 1.46. The molecule has 1 aromatic carbocycles. The number of rotatable bonds is 2. The van der Waals surface area contributed by atoms with E-state index in [0.717, 1.165) is 0 Å². The summed E-state index contributed by atoms with van der Waals surface area (Å²) < 4.78 is 22.5. The highest BCUT2D eigenvalue weighted by atomic mass is 32.2. The molecule has 0 spiro atoms. The topological polar surface area (TPSA) is 80.4 Å². The minimum absolute atomic E-state index is 0.0473. The Morgan fingerprint density at radius 2 is 1.87 bits per heavy atom. The number of hydrogen-bond acceptors (Lipinski definition) is 3. The molecule has 0 unspecified atom stereocenters. The van der Waals surface area contributed by atoms with Crippen molar-refractivity contribution in [1.82, 2.24) is 0 Å². The monoisotopic (exact) mass is 229 g/mol. The van der Waals surface area contributed by atoms with Crippen LogP contribution >= 0.6 is 0 Å².